The molecule has 1 aliphatic heterocycles. The third-order valence-electron chi connectivity index (χ3n) is 3.81. The molecule has 0 atom stereocenters. The van der Waals surface area contributed by atoms with Gasteiger partial charge in [-0.2, -0.15) is 0 Å². The fraction of sp³-hybridized carbons (Fsp3) is 0.375. The van der Waals surface area contributed by atoms with Gasteiger partial charge < -0.3 is 4.42 Å². The smallest absolute Gasteiger partial charge is 0.266 e. The molecule has 1 aliphatic carbocycles. The van der Waals surface area contributed by atoms with Gasteiger partial charge in [0.25, 0.3) is 5.91 Å². The molecule has 2 aliphatic rings. The van der Waals surface area contributed by atoms with Crippen LogP contribution in [0.15, 0.2) is 39.9 Å². The molecule has 0 spiro atoms. The molecular weight excluding hydrogens is 302 g/mol. The van der Waals surface area contributed by atoms with E-state index in [0.717, 1.165) is 18.6 Å². The fourth-order valence-electron chi connectivity index (χ4n) is 2.76. The summed E-state index contributed by atoms with van der Waals surface area (Å²) in [6.45, 7) is 0. The van der Waals surface area contributed by atoms with Crippen LogP contribution in [0.5, 0.6) is 0 Å². The van der Waals surface area contributed by atoms with E-state index in [1.165, 1.54) is 31.0 Å². The average molecular weight is 319 g/mol. The Morgan fingerprint density at radius 1 is 1.33 bits per heavy atom. The lowest BCUT2D eigenvalue weighted by atomic mass is 9.94. The number of nitrogens with zero attached hydrogens (tertiary/aromatic N) is 1. The second-order valence-electron chi connectivity index (χ2n) is 5.24. The first-order valence-corrected chi connectivity index (χ1v) is 8.45. The summed E-state index contributed by atoms with van der Waals surface area (Å²) in [6.07, 6.45) is 12.9. The third kappa shape index (κ3) is 3.30. The van der Waals surface area contributed by atoms with Gasteiger partial charge in [-0.25, -0.2) is 0 Å². The van der Waals surface area contributed by atoms with Crippen molar-refractivity contribution in [2.75, 3.05) is 0 Å². The molecule has 2 heterocycles. The minimum absolute atomic E-state index is 0.0565. The van der Waals surface area contributed by atoms with Crippen molar-refractivity contribution in [3.63, 3.8) is 0 Å². The zero-order chi connectivity index (χ0) is 14.7. The first kappa shape index (κ1) is 14.6. The van der Waals surface area contributed by atoms with Gasteiger partial charge in [0.05, 0.1) is 11.2 Å². The van der Waals surface area contributed by atoms with Crippen molar-refractivity contribution in [1.29, 1.82) is 0 Å². The number of allylic oxidation sites excluding steroid dienone is 2. The van der Waals surface area contributed by atoms with Gasteiger partial charge in [0, 0.05) is 6.04 Å². The van der Waals surface area contributed by atoms with E-state index in [0.29, 0.717) is 15.3 Å². The van der Waals surface area contributed by atoms with Crippen molar-refractivity contribution in [3.05, 3.63) is 41.2 Å². The largest absolute Gasteiger partial charge is 0.465 e. The van der Waals surface area contributed by atoms with Gasteiger partial charge in [-0.05, 0) is 37.1 Å². The normalized spacial score (nSPS) is 22.9. The van der Waals surface area contributed by atoms with Crippen molar-refractivity contribution in [3.8, 4) is 0 Å². The Morgan fingerprint density at radius 2 is 2.14 bits per heavy atom. The maximum Gasteiger partial charge on any atom is 0.266 e. The molecule has 0 N–H and O–H groups in total. The Morgan fingerprint density at radius 3 is 2.86 bits per heavy atom. The number of thiocarbonyl (C=S) groups is 1. The van der Waals surface area contributed by atoms with Gasteiger partial charge in [0.1, 0.15) is 10.1 Å². The van der Waals surface area contributed by atoms with Crippen molar-refractivity contribution in [1.82, 2.24) is 4.90 Å². The van der Waals surface area contributed by atoms with Crippen molar-refractivity contribution < 1.29 is 9.21 Å². The van der Waals surface area contributed by atoms with E-state index in [1.807, 2.05) is 35.3 Å². The van der Waals surface area contributed by atoms with Crippen LogP contribution in [0.3, 0.4) is 0 Å². The summed E-state index contributed by atoms with van der Waals surface area (Å²) < 4.78 is 5.92. The standard InChI is InChI=1S/C16H17NO2S2/c18-15-14(10-4-8-13-9-5-11-19-13)21-16(20)17(15)12-6-2-1-3-7-12/h4-5,8-12H,1-3,6-7H2/b8-4+,14-10-. The van der Waals surface area contributed by atoms with Crippen molar-refractivity contribution in [2.24, 2.45) is 0 Å². The molecule has 2 fully saturated rings. The number of hydrogen-bond donors (Lipinski definition) is 0. The van der Waals surface area contributed by atoms with Gasteiger partial charge in [-0.15, -0.1) is 0 Å². The lowest BCUT2D eigenvalue weighted by Crippen LogP contribution is -2.39. The van der Waals surface area contributed by atoms with Crippen LogP contribution in [-0.4, -0.2) is 21.2 Å². The number of rotatable bonds is 3. The molecule has 3 nitrogen and oxygen atoms in total. The summed E-state index contributed by atoms with van der Waals surface area (Å²) in [6, 6.07) is 4.01. The number of carbonyl (C=O) groups excluding carboxylic acids is 1. The fourth-order valence-corrected chi connectivity index (χ4v) is 4.12. The Balaban J connectivity index is 1.70. The van der Waals surface area contributed by atoms with Crippen LogP contribution in [-0.2, 0) is 4.79 Å². The number of carbonyl (C=O) groups is 1. The Labute approximate surface area is 134 Å². The van der Waals surface area contributed by atoms with Gasteiger partial charge in [-0.3, -0.25) is 9.69 Å². The van der Waals surface area contributed by atoms with Crippen LogP contribution in [0, 0.1) is 0 Å². The van der Waals surface area contributed by atoms with Gasteiger partial charge >= 0.3 is 0 Å². The molecule has 21 heavy (non-hydrogen) atoms. The molecule has 0 radical (unpaired) electrons. The molecule has 1 saturated carbocycles. The predicted octanol–water partition coefficient (Wildman–Crippen LogP) is 4.37. The molecule has 5 heteroatoms. The summed E-state index contributed by atoms with van der Waals surface area (Å²) >= 11 is 6.79. The Hall–Kier alpha value is -1.33. The minimum Gasteiger partial charge on any atom is -0.465 e. The van der Waals surface area contributed by atoms with Gasteiger partial charge in [-0.1, -0.05) is 49.3 Å². The van der Waals surface area contributed by atoms with E-state index in [2.05, 4.69) is 0 Å². The molecule has 0 bridgehead atoms. The maximum atomic E-state index is 12.5. The topological polar surface area (TPSA) is 33.5 Å². The van der Waals surface area contributed by atoms with Crippen molar-refractivity contribution >= 4 is 40.3 Å². The lowest BCUT2D eigenvalue weighted by molar-refractivity contribution is -0.124. The number of thioether (sulfide) groups is 1. The summed E-state index contributed by atoms with van der Waals surface area (Å²) in [4.78, 5) is 15.0. The van der Waals surface area contributed by atoms with E-state index < -0.39 is 0 Å². The second-order valence-corrected chi connectivity index (χ2v) is 6.92. The van der Waals surface area contributed by atoms with Crippen LogP contribution in [0.25, 0.3) is 6.08 Å². The third-order valence-corrected chi connectivity index (χ3v) is 5.16. The highest BCUT2D eigenvalue weighted by atomic mass is 32.2. The Bertz CT molecular complexity index is 583. The summed E-state index contributed by atoms with van der Waals surface area (Å²) in [7, 11) is 0. The molecular formula is C16H17NO2S2. The van der Waals surface area contributed by atoms with E-state index in [-0.39, 0.29) is 5.91 Å². The highest BCUT2D eigenvalue weighted by Gasteiger charge is 2.37. The monoisotopic (exact) mass is 319 g/mol. The molecule has 1 saturated heterocycles. The number of furan rings is 1. The SMILES string of the molecule is O=C1/C(=C/C=C/c2ccco2)SC(=S)N1C1CCCCC1. The highest BCUT2D eigenvalue weighted by Crippen LogP contribution is 2.36. The maximum absolute atomic E-state index is 12.5. The van der Waals surface area contributed by atoms with Crippen LogP contribution >= 0.6 is 24.0 Å². The molecule has 110 valence electrons. The minimum atomic E-state index is 0.0565. The number of amides is 1. The summed E-state index contributed by atoms with van der Waals surface area (Å²) in [5.41, 5.74) is 0. The van der Waals surface area contributed by atoms with Gasteiger partial charge in [0.2, 0.25) is 0 Å². The quantitative estimate of drug-likeness (QED) is 0.612. The van der Waals surface area contributed by atoms with Gasteiger partial charge in [0.15, 0.2) is 0 Å². The predicted molar refractivity (Wildman–Crippen MR) is 89.7 cm³/mol. The molecule has 1 amide bonds. The van der Waals surface area contributed by atoms with E-state index >= 15 is 0 Å². The molecule has 0 unspecified atom stereocenters. The Kier molecular flexibility index (Phi) is 4.60. The number of hydrogen-bond acceptors (Lipinski definition) is 4. The zero-order valence-corrected chi connectivity index (χ0v) is 13.3. The summed E-state index contributed by atoms with van der Waals surface area (Å²) in [5, 5.41) is 0. The highest BCUT2D eigenvalue weighted by molar-refractivity contribution is 8.26. The summed E-state index contributed by atoms with van der Waals surface area (Å²) in [5.74, 6) is 0.829. The average Bonchev–Trinajstić information content (AvgIpc) is 3.09. The first-order chi connectivity index (χ1) is 10.3. The van der Waals surface area contributed by atoms with Crippen LogP contribution < -0.4 is 0 Å². The van der Waals surface area contributed by atoms with Crippen LogP contribution in [0.2, 0.25) is 0 Å². The van der Waals surface area contributed by atoms with Crippen molar-refractivity contribution in [2.45, 2.75) is 38.1 Å². The second kappa shape index (κ2) is 6.62. The first-order valence-electron chi connectivity index (χ1n) is 7.23. The van der Waals surface area contributed by atoms with E-state index in [9.17, 15) is 4.79 Å². The van der Waals surface area contributed by atoms with E-state index in [4.69, 9.17) is 16.6 Å². The zero-order valence-electron chi connectivity index (χ0n) is 11.7. The molecule has 1 aromatic heterocycles. The molecule has 3 rings (SSSR count). The van der Waals surface area contributed by atoms with Crippen LogP contribution in [0.1, 0.15) is 37.9 Å². The van der Waals surface area contributed by atoms with E-state index in [1.54, 1.807) is 6.26 Å². The molecule has 1 aromatic rings. The van der Waals surface area contributed by atoms with Crippen LogP contribution in [0.4, 0.5) is 0 Å². The molecule has 0 aromatic carbocycles. The lowest BCUT2D eigenvalue weighted by Gasteiger charge is -2.29.